The van der Waals surface area contributed by atoms with Crippen molar-refractivity contribution in [2.24, 2.45) is 0 Å². The van der Waals surface area contributed by atoms with Crippen molar-refractivity contribution in [2.75, 3.05) is 5.32 Å². The van der Waals surface area contributed by atoms with Gasteiger partial charge in [-0.05, 0) is 72.3 Å². The highest BCUT2D eigenvalue weighted by atomic mass is 16.3. The summed E-state index contributed by atoms with van der Waals surface area (Å²) in [5, 5.41) is 7.70. The zero-order chi connectivity index (χ0) is 29.4. The molecule has 0 atom stereocenters. The van der Waals surface area contributed by atoms with Crippen LogP contribution < -0.4 is 5.32 Å². The smallest absolute Gasteiger partial charge is 0.248 e. The molecule has 0 radical (unpaired) electrons. The van der Waals surface area contributed by atoms with Crippen molar-refractivity contribution >= 4 is 29.5 Å². The summed E-state index contributed by atoms with van der Waals surface area (Å²) in [6.45, 7) is 0. The number of hydrogen-bond donors (Lipinski definition) is 1. The largest absolute Gasteiger partial charge is 0.465 e. The lowest BCUT2D eigenvalue weighted by molar-refractivity contribution is -0.111. The summed E-state index contributed by atoms with van der Waals surface area (Å²) in [7, 11) is 0. The van der Waals surface area contributed by atoms with Gasteiger partial charge in [0.25, 0.3) is 0 Å². The predicted octanol–water partition coefficient (Wildman–Crippen LogP) is 8.35. The van der Waals surface area contributed by atoms with Crippen LogP contribution in [0, 0.1) is 0 Å². The highest BCUT2D eigenvalue weighted by Crippen LogP contribution is 2.29. The predicted molar refractivity (Wildman–Crippen MR) is 171 cm³/mol. The first kappa shape index (κ1) is 27.2. The van der Waals surface area contributed by atoms with Gasteiger partial charge in [-0.2, -0.15) is 5.10 Å². The summed E-state index contributed by atoms with van der Waals surface area (Å²) in [5.41, 5.74) is 6.93. The monoisotopic (exact) mass is 561 g/mol. The third kappa shape index (κ3) is 6.66. The standard InChI is InChI=1S/C37H27N3O3/c41-36(30-16-18-31(19-17-30)38-37(42)24-22-33-12-7-25-43-33)23-15-27-13-20-32(21-14-27)40-35(29-10-5-2-6-11-29)26-34(39-40)28-8-3-1-4-9-28/h1-26H,(H,38,42)/b23-15+,24-22+. The van der Waals surface area contributed by atoms with E-state index in [1.807, 2.05) is 65.3 Å². The van der Waals surface area contributed by atoms with Gasteiger partial charge in [0, 0.05) is 28.5 Å². The topological polar surface area (TPSA) is 77.1 Å². The summed E-state index contributed by atoms with van der Waals surface area (Å²) < 4.78 is 7.13. The van der Waals surface area contributed by atoms with E-state index in [2.05, 4.69) is 35.6 Å². The molecular formula is C37H27N3O3. The van der Waals surface area contributed by atoms with Crippen LogP contribution >= 0.6 is 0 Å². The first-order chi connectivity index (χ1) is 21.1. The van der Waals surface area contributed by atoms with Crippen molar-refractivity contribution in [2.45, 2.75) is 0 Å². The van der Waals surface area contributed by atoms with Crippen LogP contribution in [0.5, 0.6) is 0 Å². The van der Waals surface area contributed by atoms with Gasteiger partial charge in [0.15, 0.2) is 5.78 Å². The Kier molecular flexibility index (Phi) is 8.00. The molecule has 1 amide bonds. The van der Waals surface area contributed by atoms with Crippen molar-refractivity contribution in [3.8, 4) is 28.2 Å². The molecule has 2 heterocycles. The number of hydrogen-bond acceptors (Lipinski definition) is 4. The second kappa shape index (κ2) is 12.7. The van der Waals surface area contributed by atoms with Crippen molar-refractivity contribution < 1.29 is 14.0 Å². The van der Waals surface area contributed by atoms with E-state index in [0.717, 1.165) is 33.8 Å². The normalized spacial score (nSPS) is 11.3. The SMILES string of the molecule is O=C(/C=C/c1ccco1)Nc1ccc(C(=O)/C=C/c2ccc(-n3nc(-c4ccccc4)cc3-c3ccccc3)cc2)cc1. The molecule has 0 unspecified atom stereocenters. The molecule has 0 fully saturated rings. The quantitative estimate of drug-likeness (QED) is 0.142. The number of furan rings is 1. The molecule has 4 aromatic carbocycles. The van der Waals surface area contributed by atoms with Crippen LogP contribution in [0.25, 0.3) is 40.4 Å². The van der Waals surface area contributed by atoms with Gasteiger partial charge in [-0.3, -0.25) is 9.59 Å². The lowest BCUT2D eigenvalue weighted by Gasteiger charge is -2.08. The van der Waals surface area contributed by atoms with E-state index < -0.39 is 0 Å². The van der Waals surface area contributed by atoms with E-state index in [1.165, 1.54) is 6.08 Å². The molecule has 0 saturated heterocycles. The molecule has 2 aromatic heterocycles. The molecule has 0 bridgehead atoms. The van der Waals surface area contributed by atoms with E-state index >= 15 is 0 Å². The van der Waals surface area contributed by atoms with Crippen LogP contribution in [0.4, 0.5) is 5.69 Å². The minimum absolute atomic E-state index is 0.134. The van der Waals surface area contributed by atoms with Crippen molar-refractivity contribution in [1.29, 1.82) is 0 Å². The average Bonchev–Trinajstić information content (AvgIpc) is 3.75. The fourth-order valence-electron chi connectivity index (χ4n) is 4.58. The van der Waals surface area contributed by atoms with E-state index in [1.54, 1.807) is 60.9 Å². The van der Waals surface area contributed by atoms with Gasteiger partial charge in [-0.25, -0.2) is 4.68 Å². The van der Waals surface area contributed by atoms with E-state index in [0.29, 0.717) is 17.0 Å². The van der Waals surface area contributed by atoms with Crippen LogP contribution in [0.3, 0.4) is 0 Å². The Balaban J connectivity index is 1.14. The Labute approximate surface area is 249 Å². The fraction of sp³-hybridized carbons (Fsp3) is 0. The van der Waals surface area contributed by atoms with Gasteiger partial charge in [-0.1, -0.05) is 78.9 Å². The molecule has 0 spiro atoms. The van der Waals surface area contributed by atoms with E-state index in [-0.39, 0.29) is 11.7 Å². The van der Waals surface area contributed by atoms with E-state index in [4.69, 9.17) is 9.52 Å². The third-order valence-corrected chi connectivity index (χ3v) is 6.79. The van der Waals surface area contributed by atoms with Crippen molar-refractivity contribution in [3.63, 3.8) is 0 Å². The maximum absolute atomic E-state index is 12.8. The zero-order valence-corrected chi connectivity index (χ0v) is 23.1. The molecular weight excluding hydrogens is 534 g/mol. The number of rotatable bonds is 9. The lowest BCUT2D eigenvalue weighted by atomic mass is 10.1. The molecule has 6 heteroatoms. The number of aromatic nitrogens is 2. The van der Waals surface area contributed by atoms with Gasteiger partial charge >= 0.3 is 0 Å². The highest BCUT2D eigenvalue weighted by molar-refractivity contribution is 6.07. The van der Waals surface area contributed by atoms with Crippen LogP contribution in [0.1, 0.15) is 21.7 Å². The van der Waals surface area contributed by atoms with Gasteiger partial charge in [0.05, 0.1) is 23.3 Å². The maximum Gasteiger partial charge on any atom is 0.248 e. The minimum atomic E-state index is -0.291. The number of nitrogens with one attached hydrogen (secondary N) is 1. The first-order valence-electron chi connectivity index (χ1n) is 13.8. The summed E-state index contributed by atoms with van der Waals surface area (Å²) in [6, 6.07) is 40.6. The second-order valence-electron chi connectivity index (χ2n) is 9.76. The number of benzene rings is 4. The molecule has 0 saturated carbocycles. The average molecular weight is 562 g/mol. The molecule has 6 nitrogen and oxygen atoms in total. The minimum Gasteiger partial charge on any atom is -0.465 e. The number of anilines is 1. The third-order valence-electron chi connectivity index (χ3n) is 6.79. The number of carbonyl (C=O) groups is 2. The van der Waals surface area contributed by atoms with Crippen LogP contribution in [-0.4, -0.2) is 21.5 Å². The molecule has 0 aliphatic heterocycles. The lowest BCUT2D eigenvalue weighted by Crippen LogP contribution is -2.07. The van der Waals surface area contributed by atoms with E-state index in [9.17, 15) is 9.59 Å². The van der Waals surface area contributed by atoms with Gasteiger partial charge in [0.1, 0.15) is 5.76 Å². The second-order valence-corrected chi connectivity index (χ2v) is 9.76. The Hall–Kier alpha value is -6.01. The Morgan fingerprint density at radius 1 is 0.698 bits per heavy atom. The number of carbonyl (C=O) groups excluding carboxylic acids is 2. The molecule has 1 N–H and O–H groups in total. The van der Waals surface area contributed by atoms with Crippen LogP contribution in [-0.2, 0) is 4.79 Å². The van der Waals surface area contributed by atoms with Crippen LogP contribution in [0.15, 0.2) is 150 Å². The molecule has 0 aliphatic rings. The number of ketones is 1. The molecule has 6 aromatic rings. The summed E-state index contributed by atoms with van der Waals surface area (Å²) in [6.07, 6.45) is 7.86. The Bertz CT molecular complexity index is 1880. The molecule has 6 rings (SSSR count). The highest BCUT2D eigenvalue weighted by Gasteiger charge is 2.13. The molecule has 208 valence electrons. The number of nitrogens with zero attached hydrogens (tertiary/aromatic N) is 2. The molecule has 0 aliphatic carbocycles. The summed E-state index contributed by atoms with van der Waals surface area (Å²) in [4.78, 5) is 24.9. The van der Waals surface area contributed by atoms with Gasteiger partial charge in [0.2, 0.25) is 5.91 Å². The molecule has 43 heavy (non-hydrogen) atoms. The summed E-state index contributed by atoms with van der Waals surface area (Å²) >= 11 is 0. The van der Waals surface area contributed by atoms with Gasteiger partial charge < -0.3 is 9.73 Å². The number of allylic oxidation sites excluding steroid dienone is 1. The Morgan fingerprint density at radius 2 is 1.40 bits per heavy atom. The number of amides is 1. The summed E-state index contributed by atoms with van der Waals surface area (Å²) in [5.74, 6) is 0.166. The zero-order valence-electron chi connectivity index (χ0n) is 23.1. The van der Waals surface area contributed by atoms with Gasteiger partial charge in [-0.15, -0.1) is 0 Å². The Morgan fingerprint density at radius 3 is 2.07 bits per heavy atom. The van der Waals surface area contributed by atoms with Crippen molar-refractivity contribution in [3.05, 3.63) is 163 Å². The van der Waals surface area contributed by atoms with Crippen LogP contribution in [0.2, 0.25) is 0 Å². The van der Waals surface area contributed by atoms with Crippen molar-refractivity contribution in [1.82, 2.24) is 9.78 Å². The first-order valence-corrected chi connectivity index (χ1v) is 13.8. The maximum atomic E-state index is 12.8. The fourth-order valence-corrected chi connectivity index (χ4v) is 4.58.